The molecule has 1 aromatic rings. The number of halogens is 3. The highest BCUT2D eigenvalue weighted by atomic mass is 79.9. The third kappa shape index (κ3) is 5.00. The van der Waals surface area contributed by atoms with Gasteiger partial charge in [0, 0.05) is 17.0 Å². The third-order valence-corrected chi connectivity index (χ3v) is 3.78. The van der Waals surface area contributed by atoms with Gasteiger partial charge in [0.05, 0.1) is 21.3 Å². The van der Waals surface area contributed by atoms with Crippen LogP contribution < -0.4 is 14.2 Å². The Hall–Kier alpha value is -1.08. The normalized spacial score (nSPS) is 12.3. The van der Waals surface area contributed by atoms with Crippen LogP contribution in [0.2, 0.25) is 0 Å². The quantitative estimate of drug-likeness (QED) is 0.490. The Morgan fingerprint density at radius 1 is 1.05 bits per heavy atom. The molecule has 1 unspecified atom stereocenters. The van der Waals surface area contributed by atoms with E-state index in [0.717, 1.165) is 5.56 Å². The summed E-state index contributed by atoms with van der Waals surface area (Å²) in [5.41, 5.74) is 0.843. The molecule has 1 atom stereocenters. The minimum atomic E-state index is -2.45. The molecule has 0 saturated carbocycles. The van der Waals surface area contributed by atoms with Crippen molar-refractivity contribution in [3.63, 3.8) is 0 Å². The fraction of sp³-hybridized carbons (Fsp3) is 0.571. The topological polar surface area (TPSA) is 36.9 Å². The van der Waals surface area contributed by atoms with Crippen LogP contribution in [0.4, 0.5) is 8.78 Å². The smallest absolute Gasteiger partial charge is 0.261 e. The highest BCUT2D eigenvalue weighted by Gasteiger charge is 2.20. The van der Waals surface area contributed by atoms with Gasteiger partial charge >= 0.3 is 0 Å². The minimum absolute atomic E-state index is 0.107. The number of ether oxygens (including phenoxy) is 4. The number of alkyl halides is 3. The molecule has 0 aliphatic rings. The first-order valence-corrected chi connectivity index (χ1v) is 7.25. The number of hydrogen-bond acceptors (Lipinski definition) is 4. The lowest BCUT2D eigenvalue weighted by atomic mass is 10.1. The fourth-order valence-electron chi connectivity index (χ4n) is 1.89. The molecule has 1 aromatic carbocycles. The molecular weight excluding hydrogens is 350 g/mol. The molecule has 4 nitrogen and oxygen atoms in total. The molecule has 21 heavy (non-hydrogen) atoms. The Balaban J connectivity index is 2.81. The van der Waals surface area contributed by atoms with Crippen LogP contribution >= 0.6 is 15.9 Å². The van der Waals surface area contributed by atoms with Crippen molar-refractivity contribution in [2.75, 3.05) is 34.5 Å². The molecule has 0 saturated heterocycles. The van der Waals surface area contributed by atoms with E-state index in [-0.39, 0.29) is 11.4 Å². The first-order valence-electron chi connectivity index (χ1n) is 6.33. The SMILES string of the molecule is COc1ccc(C(Br)CCOCC(F)F)c(OC)c1OC. The summed E-state index contributed by atoms with van der Waals surface area (Å²) in [6.45, 7) is -0.333. The number of hydrogen-bond donors (Lipinski definition) is 0. The second-order valence-corrected chi connectivity index (χ2v) is 5.25. The monoisotopic (exact) mass is 368 g/mol. The van der Waals surface area contributed by atoms with Gasteiger partial charge in [-0.05, 0) is 12.5 Å². The molecular formula is C14H19BrF2O4. The highest BCUT2D eigenvalue weighted by Crippen LogP contribution is 2.44. The van der Waals surface area contributed by atoms with E-state index in [4.69, 9.17) is 18.9 Å². The average molecular weight is 369 g/mol. The molecule has 0 aromatic heterocycles. The molecule has 0 N–H and O–H groups in total. The molecule has 0 spiro atoms. The maximum Gasteiger partial charge on any atom is 0.261 e. The van der Waals surface area contributed by atoms with Crippen molar-refractivity contribution in [3.05, 3.63) is 17.7 Å². The molecule has 120 valence electrons. The lowest BCUT2D eigenvalue weighted by molar-refractivity contribution is 0.0167. The third-order valence-electron chi connectivity index (χ3n) is 2.83. The van der Waals surface area contributed by atoms with Gasteiger partial charge in [-0.15, -0.1) is 0 Å². The van der Waals surface area contributed by atoms with E-state index < -0.39 is 13.0 Å². The lowest BCUT2D eigenvalue weighted by Crippen LogP contribution is -2.07. The van der Waals surface area contributed by atoms with Crippen molar-refractivity contribution >= 4 is 15.9 Å². The molecule has 0 bridgehead atoms. The van der Waals surface area contributed by atoms with Crippen molar-refractivity contribution in [3.8, 4) is 17.2 Å². The Kier molecular flexibility index (Phi) is 7.74. The zero-order valence-electron chi connectivity index (χ0n) is 12.2. The van der Waals surface area contributed by atoms with Crippen LogP contribution in [0.15, 0.2) is 12.1 Å². The summed E-state index contributed by atoms with van der Waals surface area (Å²) in [4.78, 5) is -0.107. The van der Waals surface area contributed by atoms with E-state index in [1.807, 2.05) is 6.07 Å². The Labute approximate surface area is 131 Å². The van der Waals surface area contributed by atoms with E-state index in [2.05, 4.69) is 15.9 Å². The standard InChI is InChI=1S/C14H19BrF2O4/c1-18-11-5-4-9(13(19-2)14(11)20-3)10(15)6-7-21-8-12(16)17/h4-5,10,12H,6-8H2,1-3H3. The van der Waals surface area contributed by atoms with Crippen LogP contribution in [0.25, 0.3) is 0 Å². The van der Waals surface area contributed by atoms with Gasteiger partial charge in [0.15, 0.2) is 11.5 Å². The van der Waals surface area contributed by atoms with E-state index >= 15 is 0 Å². The lowest BCUT2D eigenvalue weighted by Gasteiger charge is -2.18. The van der Waals surface area contributed by atoms with E-state index in [0.29, 0.717) is 23.7 Å². The van der Waals surface area contributed by atoms with Gasteiger partial charge in [0.25, 0.3) is 6.43 Å². The van der Waals surface area contributed by atoms with Gasteiger partial charge in [0.1, 0.15) is 6.61 Å². The highest BCUT2D eigenvalue weighted by molar-refractivity contribution is 9.09. The maximum absolute atomic E-state index is 12.0. The van der Waals surface area contributed by atoms with Crippen LogP contribution in [0, 0.1) is 0 Å². The van der Waals surface area contributed by atoms with Crippen LogP contribution in [0.1, 0.15) is 16.8 Å². The number of benzene rings is 1. The average Bonchev–Trinajstić information content (AvgIpc) is 2.49. The first-order chi connectivity index (χ1) is 10.0. The Bertz CT molecular complexity index is 443. The first kappa shape index (κ1) is 18.0. The van der Waals surface area contributed by atoms with Crippen LogP contribution in [0.3, 0.4) is 0 Å². The van der Waals surface area contributed by atoms with Gasteiger partial charge in [-0.3, -0.25) is 0 Å². The summed E-state index contributed by atoms with van der Waals surface area (Å²) in [5, 5.41) is 0. The van der Waals surface area contributed by atoms with Crippen molar-refractivity contribution in [2.45, 2.75) is 17.7 Å². The zero-order chi connectivity index (χ0) is 15.8. The molecule has 0 amide bonds. The summed E-state index contributed by atoms with van der Waals surface area (Å²) in [6, 6.07) is 3.61. The van der Waals surface area contributed by atoms with Crippen molar-refractivity contribution in [1.29, 1.82) is 0 Å². The summed E-state index contributed by atoms with van der Waals surface area (Å²) >= 11 is 3.51. The van der Waals surface area contributed by atoms with Crippen LogP contribution in [-0.4, -0.2) is 41.0 Å². The van der Waals surface area contributed by atoms with Gasteiger partial charge in [-0.2, -0.15) is 0 Å². The van der Waals surface area contributed by atoms with Gasteiger partial charge < -0.3 is 18.9 Å². The molecule has 7 heteroatoms. The maximum atomic E-state index is 12.0. The van der Waals surface area contributed by atoms with Crippen molar-refractivity contribution in [2.24, 2.45) is 0 Å². The summed E-state index contributed by atoms with van der Waals surface area (Å²) < 4.78 is 44.8. The number of methoxy groups -OCH3 is 3. The van der Waals surface area contributed by atoms with Gasteiger partial charge in [-0.1, -0.05) is 22.0 Å². The second kappa shape index (κ2) is 9.04. The van der Waals surface area contributed by atoms with Crippen molar-refractivity contribution < 1.29 is 27.7 Å². The predicted molar refractivity (Wildman–Crippen MR) is 79.2 cm³/mol. The van der Waals surface area contributed by atoms with E-state index in [9.17, 15) is 8.78 Å². The van der Waals surface area contributed by atoms with Gasteiger partial charge in [0.2, 0.25) is 5.75 Å². The molecule has 0 radical (unpaired) electrons. The zero-order valence-corrected chi connectivity index (χ0v) is 13.8. The second-order valence-electron chi connectivity index (χ2n) is 4.15. The summed E-state index contributed by atoms with van der Waals surface area (Å²) in [6.07, 6.45) is -1.92. The summed E-state index contributed by atoms with van der Waals surface area (Å²) in [5.74, 6) is 1.61. The molecule has 0 aliphatic heterocycles. The fourth-order valence-corrected chi connectivity index (χ4v) is 2.43. The Morgan fingerprint density at radius 2 is 1.71 bits per heavy atom. The van der Waals surface area contributed by atoms with E-state index in [1.165, 1.54) is 14.2 Å². The predicted octanol–water partition coefficient (Wildman–Crippen LogP) is 3.82. The molecule has 0 heterocycles. The molecule has 0 aliphatic carbocycles. The largest absolute Gasteiger partial charge is 0.493 e. The van der Waals surface area contributed by atoms with Crippen LogP contribution in [0.5, 0.6) is 17.2 Å². The van der Waals surface area contributed by atoms with Gasteiger partial charge in [-0.25, -0.2) is 8.78 Å². The minimum Gasteiger partial charge on any atom is -0.493 e. The molecule has 1 rings (SSSR count). The Morgan fingerprint density at radius 3 is 2.24 bits per heavy atom. The molecule has 0 fully saturated rings. The van der Waals surface area contributed by atoms with Crippen molar-refractivity contribution in [1.82, 2.24) is 0 Å². The summed E-state index contributed by atoms with van der Waals surface area (Å²) in [7, 11) is 4.60. The number of rotatable bonds is 9. The van der Waals surface area contributed by atoms with Crippen LogP contribution in [-0.2, 0) is 4.74 Å². The van der Waals surface area contributed by atoms with E-state index in [1.54, 1.807) is 13.2 Å².